The van der Waals surface area contributed by atoms with Crippen molar-refractivity contribution in [2.24, 2.45) is 5.73 Å². The summed E-state index contributed by atoms with van der Waals surface area (Å²) in [5.74, 6) is -0.0273. The van der Waals surface area contributed by atoms with Gasteiger partial charge in [-0.25, -0.2) is 4.39 Å². The lowest BCUT2D eigenvalue weighted by Gasteiger charge is -2.22. The monoisotopic (exact) mass is 401 g/mol. The number of hydrogen-bond acceptors (Lipinski definition) is 5. The summed E-state index contributed by atoms with van der Waals surface area (Å²) in [7, 11) is 0. The van der Waals surface area contributed by atoms with Crippen molar-refractivity contribution in [3.8, 4) is 17.2 Å². The van der Waals surface area contributed by atoms with E-state index in [4.69, 9.17) is 24.7 Å². The average Bonchev–Trinajstić information content (AvgIpc) is 2.73. The fraction of sp³-hybridized carbons (Fsp3) is 0.318. The summed E-state index contributed by atoms with van der Waals surface area (Å²) in [6.45, 7) is 5.63. The van der Waals surface area contributed by atoms with Crippen molar-refractivity contribution in [3.05, 3.63) is 60.2 Å². The molecular formula is C22H24FNO5. The van der Waals surface area contributed by atoms with Gasteiger partial charge in [-0.1, -0.05) is 6.58 Å². The first-order valence-electron chi connectivity index (χ1n) is 9.41. The number of rotatable bonds is 9. The molecule has 1 fully saturated rings. The molecule has 0 bridgehead atoms. The van der Waals surface area contributed by atoms with Gasteiger partial charge in [0, 0.05) is 12.2 Å². The van der Waals surface area contributed by atoms with Crippen LogP contribution >= 0.6 is 0 Å². The number of nitrogens with two attached hydrogens (primary N) is 1. The van der Waals surface area contributed by atoms with Crippen molar-refractivity contribution < 1.29 is 28.1 Å². The molecule has 0 radical (unpaired) electrons. The molecule has 29 heavy (non-hydrogen) atoms. The first-order chi connectivity index (χ1) is 14.0. The van der Waals surface area contributed by atoms with Crippen LogP contribution in [0.3, 0.4) is 0 Å². The van der Waals surface area contributed by atoms with Crippen molar-refractivity contribution >= 4 is 11.7 Å². The van der Waals surface area contributed by atoms with Crippen molar-refractivity contribution in [2.45, 2.75) is 18.9 Å². The summed E-state index contributed by atoms with van der Waals surface area (Å²) in [5.41, 5.74) is 5.65. The van der Waals surface area contributed by atoms with Gasteiger partial charge < -0.3 is 24.7 Å². The van der Waals surface area contributed by atoms with Gasteiger partial charge >= 0.3 is 0 Å². The topological polar surface area (TPSA) is 80.0 Å². The summed E-state index contributed by atoms with van der Waals surface area (Å²) in [6.07, 6.45) is 2.17. The molecule has 1 unspecified atom stereocenters. The van der Waals surface area contributed by atoms with Crippen molar-refractivity contribution in [1.29, 1.82) is 0 Å². The minimum atomic E-state index is -0.667. The van der Waals surface area contributed by atoms with E-state index in [1.54, 1.807) is 24.3 Å². The lowest BCUT2D eigenvalue weighted by molar-refractivity contribution is -0.0559. The number of benzene rings is 2. The van der Waals surface area contributed by atoms with Crippen LogP contribution in [-0.4, -0.2) is 38.4 Å². The van der Waals surface area contributed by atoms with Crippen molar-refractivity contribution in [2.75, 3.05) is 26.4 Å². The van der Waals surface area contributed by atoms with Crippen LogP contribution in [-0.2, 0) is 9.47 Å². The second kappa shape index (κ2) is 10.0. The number of carbonyl (C=O) groups excluding carboxylic acids is 1. The first kappa shape index (κ1) is 20.8. The van der Waals surface area contributed by atoms with Gasteiger partial charge in [0.1, 0.15) is 29.7 Å². The van der Waals surface area contributed by atoms with Gasteiger partial charge in [-0.15, -0.1) is 0 Å². The maximum Gasteiger partial charge on any atom is 0.248 e. The molecule has 3 rings (SSSR count). The number of ether oxygens (including phenoxy) is 4. The average molecular weight is 401 g/mol. The van der Waals surface area contributed by atoms with E-state index in [0.29, 0.717) is 31.3 Å². The Balaban J connectivity index is 1.55. The normalized spacial score (nSPS) is 16.2. The van der Waals surface area contributed by atoms with Gasteiger partial charge in [0.05, 0.1) is 24.9 Å². The molecule has 1 heterocycles. The van der Waals surface area contributed by atoms with Gasteiger partial charge in [-0.3, -0.25) is 4.79 Å². The van der Waals surface area contributed by atoms with Gasteiger partial charge in [-0.2, -0.15) is 0 Å². The number of hydrogen-bond donors (Lipinski definition) is 1. The highest BCUT2D eigenvalue weighted by Gasteiger charge is 2.14. The SMILES string of the molecule is C=C(F)c1ccc(C(N)=O)cc1Oc1ccc(OCCOC2CCCOC2)cc1. The van der Waals surface area contributed by atoms with E-state index >= 15 is 0 Å². The Morgan fingerprint density at radius 1 is 1.17 bits per heavy atom. The zero-order valence-corrected chi connectivity index (χ0v) is 16.1. The van der Waals surface area contributed by atoms with Crippen LogP contribution in [0.15, 0.2) is 49.0 Å². The maximum absolute atomic E-state index is 13.7. The van der Waals surface area contributed by atoms with E-state index in [0.717, 1.165) is 19.4 Å². The summed E-state index contributed by atoms with van der Waals surface area (Å²) < 4.78 is 36.1. The summed E-state index contributed by atoms with van der Waals surface area (Å²) >= 11 is 0. The third-order valence-electron chi connectivity index (χ3n) is 4.43. The molecule has 2 aromatic carbocycles. The van der Waals surface area contributed by atoms with E-state index < -0.39 is 11.7 Å². The van der Waals surface area contributed by atoms with Crippen LogP contribution in [0.5, 0.6) is 17.2 Å². The highest BCUT2D eigenvalue weighted by Crippen LogP contribution is 2.32. The molecule has 0 spiro atoms. The molecule has 1 amide bonds. The predicted molar refractivity (Wildman–Crippen MR) is 107 cm³/mol. The Morgan fingerprint density at radius 3 is 2.59 bits per heavy atom. The van der Waals surface area contributed by atoms with E-state index in [1.807, 2.05) is 0 Å². The number of amides is 1. The third-order valence-corrected chi connectivity index (χ3v) is 4.43. The van der Waals surface area contributed by atoms with Gasteiger partial charge in [-0.05, 0) is 55.3 Å². The summed E-state index contributed by atoms with van der Waals surface area (Å²) in [6, 6.07) is 11.1. The van der Waals surface area contributed by atoms with Crippen LogP contribution in [0.2, 0.25) is 0 Å². The van der Waals surface area contributed by atoms with Crippen molar-refractivity contribution in [1.82, 2.24) is 0 Å². The second-order valence-electron chi connectivity index (χ2n) is 6.61. The first-order valence-corrected chi connectivity index (χ1v) is 9.41. The van der Waals surface area contributed by atoms with Crippen LogP contribution < -0.4 is 15.2 Å². The molecule has 1 aliphatic heterocycles. The molecule has 0 aromatic heterocycles. The zero-order valence-electron chi connectivity index (χ0n) is 16.1. The minimum absolute atomic E-state index is 0.138. The molecule has 6 nitrogen and oxygen atoms in total. The Hall–Kier alpha value is -2.90. The highest BCUT2D eigenvalue weighted by atomic mass is 19.1. The second-order valence-corrected chi connectivity index (χ2v) is 6.61. The van der Waals surface area contributed by atoms with Crippen LogP contribution in [0.1, 0.15) is 28.8 Å². The molecule has 1 saturated heterocycles. The lowest BCUT2D eigenvalue weighted by Crippen LogP contribution is -2.27. The largest absolute Gasteiger partial charge is 0.491 e. The Kier molecular flexibility index (Phi) is 7.21. The summed E-state index contributed by atoms with van der Waals surface area (Å²) in [5, 5.41) is 0. The van der Waals surface area contributed by atoms with E-state index in [1.165, 1.54) is 18.2 Å². The summed E-state index contributed by atoms with van der Waals surface area (Å²) in [4.78, 5) is 11.4. The van der Waals surface area contributed by atoms with E-state index in [-0.39, 0.29) is 23.0 Å². The number of halogens is 1. The minimum Gasteiger partial charge on any atom is -0.491 e. The predicted octanol–water partition coefficient (Wildman–Crippen LogP) is 4.09. The van der Waals surface area contributed by atoms with Gasteiger partial charge in [0.2, 0.25) is 5.91 Å². The molecule has 1 atom stereocenters. The molecule has 7 heteroatoms. The van der Waals surface area contributed by atoms with Crippen molar-refractivity contribution in [3.63, 3.8) is 0 Å². The smallest absolute Gasteiger partial charge is 0.248 e. The fourth-order valence-electron chi connectivity index (χ4n) is 2.93. The molecule has 2 aromatic rings. The molecule has 0 aliphatic carbocycles. The quantitative estimate of drug-likeness (QED) is 0.640. The lowest BCUT2D eigenvalue weighted by atomic mass is 10.1. The fourth-order valence-corrected chi connectivity index (χ4v) is 2.93. The zero-order chi connectivity index (χ0) is 20.6. The van der Waals surface area contributed by atoms with Gasteiger partial charge in [0.25, 0.3) is 0 Å². The van der Waals surface area contributed by atoms with Crippen LogP contribution in [0.25, 0.3) is 5.83 Å². The van der Waals surface area contributed by atoms with E-state index in [9.17, 15) is 9.18 Å². The molecule has 1 aliphatic rings. The Labute approximate surface area is 169 Å². The number of primary amides is 1. The van der Waals surface area contributed by atoms with E-state index in [2.05, 4.69) is 6.58 Å². The van der Waals surface area contributed by atoms with Crippen LogP contribution in [0.4, 0.5) is 4.39 Å². The molecule has 2 N–H and O–H groups in total. The highest BCUT2D eigenvalue weighted by molar-refractivity contribution is 5.93. The third kappa shape index (κ3) is 6.04. The molecular weight excluding hydrogens is 377 g/mol. The maximum atomic E-state index is 13.7. The molecule has 0 saturated carbocycles. The number of carbonyl (C=O) groups is 1. The Bertz CT molecular complexity index is 847. The Morgan fingerprint density at radius 2 is 1.93 bits per heavy atom. The van der Waals surface area contributed by atoms with Gasteiger partial charge in [0.15, 0.2) is 0 Å². The van der Waals surface area contributed by atoms with Crippen LogP contribution in [0, 0.1) is 0 Å². The standard InChI is InChI=1S/C22H24FNO5/c1-15(23)20-9-4-16(22(24)25)13-21(20)29-18-7-5-17(6-8-18)27-11-12-28-19-3-2-10-26-14-19/h4-9,13,19H,1-3,10-12,14H2,(H2,24,25). The molecule has 154 valence electrons.